The summed E-state index contributed by atoms with van der Waals surface area (Å²) in [5.41, 5.74) is 1.70. The Labute approximate surface area is 143 Å². The summed E-state index contributed by atoms with van der Waals surface area (Å²) in [4.78, 5) is 12.0. The Balaban J connectivity index is 1.82. The summed E-state index contributed by atoms with van der Waals surface area (Å²) in [5.74, 6) is -0.220. The number of ether oxygens (including phenoxy) is 1. The van der Waals surface area contributed by atoms with Crippen LogP contribution in [0.25, 0.3) is 0 Å². The van der Waals surface area contributed by atoms with Gasteiger partial charge in [0.25, 0.3) is 10.2 Å². The molecule has 1 unspecified atom stereocenters. The standard InChI is InChI=1S/C16H25N3O4S/c1-13-6-3-4-8-15(13)18-16(20)9-10-17-24(21,22)19-11-5-7-14(19)12-23-2/h3-4,6,8,14,17H,5,7,9-12H2,1-2H3,(H,18,20). The van der Waals surface area contributed by atoms with Crippen molar-refractivity contribution in [3.8, 4) is 0 Å². The minimum absolute atomic E-state index is 0.0657. The van der Waals surface area contributed by atoms with Gasteiger partial charge in [0.2, 0.25) is 5.91 Å². The normalized spacial score (nSPS) is 18.7. The Morgan fingerprint density at radius 2 is 2.12 bits per heavy atom. The second-order valence-corrected chi connectivity index (χ2v) is 7.58. The van der Waals surface area contributed by atoms with E-state index in [1.807, 2.05) is 31.2 Å². The summed E-state index contributed by atoms with van der Waals surface area (Å²) in [6.45, 7) is 2.84. The lowest BCUT2D eigenvalue weighted by Crippen LogP contribution is -2.45. The van der Waals surface area contributed by atoms with Crippen LogP contribution in [-0.2, 0) is 19.7 Å². The van der Waals surface area contributed by atoms with Gasteiger partial charge < -0.3 is 10.1 Å². The largest absolute Gasteiger partial charge is 0.383 e. The molecule has 1 aliphatic heterocycles. The highest BCUT2D eigenvalue weighted by Gasteiger charge is 2.33. The Kier molecular flexibility index (Phi) is 6.73. The highest BCUT2D eigenvalue weighted by atomic mass is 32.2. The predicted molar refractivity (Wildman–Crippen MR) is 93.0 cm³/mol. The summed E-state index contributed by atoms with van der Waals surface area (Å²) in [6, 6.07) is 7.33. The monoisotopic (exact) mass is 355 g/mol. The Morgan fingerprint density at radius 3 is 2.83 bits per heavy atom. The highest BCUT2D eigenvalue weighted by Crippen LogP contribution is 2.20. The van der Waals surface area contributed by atoms with Crippen LogP contribution in [0.1, 0.15) is 24.8 Å². The van der Waals surface area contributed by atoms with E-state index in [1.165, 1.54) is 4.31 Å². The van der Waals surface area contributed by atoms with Crippen molar-refractivity contribution >= 4 is 21.8 Å². The number of benzene rings is 1. The van der Waals surface area contributed by atoms with Crippen molar-refractivity contribution in [1.82, 2.24) is 9.03 Å². The zero-order valence-corrected chi connectivity index (χ0v) is 14.9. The van der Waals surface area contributed by atoms with Gasteiger partial charge in [0.1, 0.15) is 0 Å². The Bertz CT molecular complexity index is 663. The lowest BCUT2D eigenvalue weighted by atomic mass is 10.2. The number of aryl methyl sites for hydroxylation is 1. The average molecular weight is 355 g/mol. The van der Waals surface area contributed by atoms with Crippen molar-refractivity contribution in [1.29, 1.82) is 0 Å². The quantitative estimate of drug-likeness (QED) is 0.735. The Hall–Kier alpha value is -1.48. The van der Waals surface area contributed by atoms with E-state index in [2.05, 4.69) is 10.0 Å². The van der Waals surface area contributed by atoms with Gasteiger partial charge in [-0.3, -0.25) is 4.79 Å². The third-order valence-corrected chi connectivity index (χ3v) is 5.71. The predicted octanol–water partition coefficient (Wildman–Crippen LogP) is 1.27. The van der Waals surface area contributed by atoms with Gasteiger partial charge in [0.15, 0.2) is 0 Å². The van der Waals surface area contributed by atoms with Gasteiger partial charge in [0.05, 0.1) is 6.61 Å². The molecule has 0 spiro atoms. The van der Waals surface area contributed by atoms with E-state index in [4.69, 9.17) is 4.74 Å². The molecule has 1 aliphatic rings. The number of rotatable bonds is 8. The number of hydrogen-bond donors (Lipinski definition) is 2. The van der Waals surface area contributed by atoms with Gasteiger partial charge in [-0.15, -0.1) is 0 Å². The van der Waals surface area contributed by atoms with Crippen LogP contribution in [0.15, 0.2) is 24.3 Å². The van der Waals surface area contributed by atoms with Crippen LogP contribution in [-0.4, -0.2) is 51.5 Å². The highest BCUT2D eigenvalue weighted by molar-refractivity contribution is 7.87. The third-order valence-electron chi connectivity index (χ3n) is 4.05. The van der Waals surface area contributed by atoms with Gasteiger partial charge in [-0.25, -0.2) is 4.72 Å². The van der Waals surface area contributed by atoms with Gasteiger partial charge >= 0.3 is 0 Å². The number of nitrogens with zero attached hydrogens (tertiary/aromatic N) is 1. The van der Waals surface area contributed by atoms with Crippen molar-refractivity contribution in [2.75, 3.05) is 32.1 Å². The van der Waals surface area contributed by atoms with Gasteiger partial charge in [-0.1, -0.05) is 18.2 Å². The molecule has 0 bridgehead atoms. The maximum Gasteiger partial charge on any atom is 0.279 e. The number of anilines is 1. The molecule has 0 aromatic heterocycles. The van der Waals surface area contributed by atoms with E-state index >= 15 is 0 Å². The fourth-order valence-corrected chi connectivity index (χ4v) is 4.24. The Morgan fingerprint density at radius 1 is 1.38 bits per heavy atom. The molecule has 0 aliphatic carbocycles. The molecule has 1 fully saturated rings. The SMILES string of the molecule is COCC1CCCN1S(=O)(=O)NCCC(=O)Nc1ccccc1C. The first kappa shape index (κ1) is 18.9. The van der Waals surface area contributed by atoms with E-state index in [0.29, 0.717) is 13.2 Å². The molecule has 1 atom stereocenters. The molecule has 1 aromatic carbocycles. The molecule has 1 aromatic rings. The summed E-state index contributed by atoms with van der Waals surface area (Å²) in [6.07, 6.45) is 1.70. The number of para-hydroxylation sites is 1. The number of carbonyl (C=O) groups is 1. The molecule has 0 radical (unpaired) electrons. The smallest absolute Gasteiger partial charge is 0.279 e. The fourth-order valence-electron chi connectivity index (χ4n) is 2.79. The summed E-state index contributed by atoms with van der Waals surface area (Å²) >= 11 is 0. The van der Waals surface area contributed by atoms with Crippen molar-refractivity contribution in [2.24, 2.45) is 0 Å². The maximum atomic E-state index is 12.3. The van der Waals surface area contributed by atoms with Crippen LogP contribution < -0.4 is 10.0 Å². The average Bonchev–Trinajstić information content (AvgIpc) is 2.99. The van der Waals surface area contributed by atoms with Crippen LogP contribution in [0.5, 0.6) is 0 Å². The summed E-state index contributed by atoms with van der Waals surface area (Å²) in [7, 11) is -2.02. The minimum atomic E-state index is -3.58. The van der Waals surface area contributed by atoms with Crippen molar-refractivity contribution in [3.05, 3.63) is 29.8 Å². The molecule has 2 N–H and O–H groups in total. The second kappa shape index (κ2) is 8.57. The van der Waals surface area contributed by atoms with Crippen LogP contribution in [0, 0.1) is 6.92 Å². The van der Waals surface area contributed by atoms with Gasteiger partial charge in [-0.2, -0.15) is 12.7 Å². The number of amides is 1. The molecule has 1 saturated heterocycles. The number of nitrogens with one attached hydrogen (secondary N) is 2. The first-order valence-electron chi connectivity index (χ1n) is 8.05. The molecule has 1 amide bonds. The van der Waals surface area contributed by atoms with Crippen molar-refractivity contribution in [2.45, 2.75) is 32.2 Å². The van der Waals surface area contributed by atoms with E-state index in [-0.39, 0.29) is 24.9 Å². The zero-order chi connectivity index (χ0) is 17.6. The lowest BCUT2D eigenvalue weighted by molar-refractivity contribution is -0.116. The van der Waals surface area contributed by atoms with Gasteiger partial charge in [0, 0.05) is 38.3 Å². The van der Waals surface area contributed by atoms with Crippen molar-refractivity contribution in [3.63, 3.8) is 0 Å². The van der Waals surface area contributed by atoms with E-state index in [1.54, 1.807) is 7.11 Å². The van der Waals surface area contributed by atoms with Crippen LogP contribution in [0.4, 0.5) is 5.69 Å². The van der Waals surface area contributed by atoms with E-state index in [9.17, 15) is 13.2 Å². The summed E-state index contributed by atoms with van der Waals surface area (Å²) in [5, 5.41) is 2.79. The molecule has 0 saturated carbocycles. The third kappa shape index (κ3) is 5.01. The van der Waals surface area contributed by atoms with Crippen LogP contribution >= 0.6 is 0 Å². The maximum absolute atomic E-state index is 12.3. The fraction of sp³-hybridized carbons (Fsp3) is 0.562. The number of hydrogen-bond acceptors (Lipinski definition) is 4. The molecule has 1 heterocycles. The molecule has 24 heavy (non-hydrogen) atoms. The van der Waals surface area contributed by atoms with Crippen LogP contribution in [0.3, 0.4) is 0 Å². The first-order chi connectivity index (χ1) is 11.4. The molecule has 7 nitrogen and oxygen atoms in total. The van der Waals surface area contributed by atoms with E-state index < -0.39 is 10.2 Å². The number of methoxy groups -OCH3 is 1. The molecule has 8 heteroatoms. The van der Waals surface area contributed by atoms with Gasteiger partial charge in [-0.05, 0) is 31.4 Å². The number of carbonyl (C=O) groups excluding carboxylic acids is 1. The van der Waals surface area contributed by atoms with Crippen molar-refractivity contribution < 1.29 is 17.9 Å². The van der Waals surface area contributed by atoms with Crippen LogP contribution in [0.2, 0.25) is 0 Å². The molecular formula is C16H25N3O4S. The second-order valence-electron chi connectivity index (χ2n) is 5.87. The van der Waals surface area contributed by atoms with E-state index in [0.717, 1.165) is 24.1 Å². The molecule has 2 rings (SSSR count). The molecule has 134 valence electrons. The first-order valence-corrected chi connectivity index (χ1v) is 9.49. The zero-order valence-electron chi connectivity index (χ0n) is 14.1. The summed E-state index contributed by atoms with van der Waals surface area (Å²) < 4.78 is 33.7. The topological polar surface area (TPSA) is 87.7 Å². The minimum Gasteiger partial charge on any atom is -0.383 e. The molecular weight excluding hydrogens is 330 g/mol. The lowest BCUT2D eigenvalue weighted by Gasteiger charge is -2.23.